The van der Waals surface area contributed by atoms with Gasteiger partial charge in [0.1, 0.15) is 0 Å². The largest absolute Gasteiger partial charge is 0.323 e. The summed E-state index contributed by atoms with van der Waals surface area (Å²) in [5.41, 5.74) is 4.17. The number of nitrogen functional groups attached to an aromatic ring is 1. The predicted molar refractivity (Wildman–Crippen MR) is 48.8 cm³/mol. The highest BCUT2D eigenvalue weighted by atomic mass is 35.5. The van der Waals surface area contributed by atoms with Crippen LogP contribution in [0.1, 0.15) is 5.56 Å². The number of halogens is 2. The summed E-state index contributed by atoms with van der Waals surface area (Å²) in [5, 5.41) is 0.598. The van der Waals surface area contributed by atoms with Gasteiger partial charge in [-0.2, -0.15) is 0 Å². The van der Waals surface area contributed by atoms with Gasteiger partial charge in [-0.1, -0.05) is 17.7 Å². The van der Waals surface area contributed by atoms with Gasteiger partial charge in [0.25, 0.3) is 0 Å². The second-order valence-electron chi connectivity index (χ2n) is 2.09. The summed E-state index contributed by atoms with van der Waals surface area (Å²) < 4.78 is 0. The highest BCUT2D eigenvalue weighted by Gasteiger charge is 1.98. The number of alkyl halides is 1. The molecule has 0 aliphatic rings. The van der Waals surface area contributed by atoms with Crippen molar-refractivity contribution in [1.82, 2.24) is 0 Å². The Morgan fingerprint density at radius 1 is 1.45 bits per heavy atom. The van der Waals surface area contributed by atoms with Gasteiger partial charge in [-0.25, -0.2) is 0 Å². The van der Waals surface area contributed by atoms with E-state index in [0.29, 0.717) is 16.6 Å². The molecule has 0 radical (unpaired) electrons. The lowest BCUT2D eigenvalue weighted by molar-refractivity contribution is 1.32. The van der Waals surface area contributed by atoms with Gasteiger partial charge in [-0.3, -0.25) is 5.84 Å². The van der Waals surface area contributed by atoms with Crippen LogP contribution in [0.15, 0.2) is 18.2 Å². The van der Waals surface area contributed by atoms with E-state index in [9.17, 15) is 0 Å². The third kappa shape index (κ3) is 1.99. The van der Waals surface area contributed by atoms with Crippen molar-refractivity contribution in [2.45, 2.75) is 5.88 Å². The Morgan fingerprint density at radius 3 is 2.73 bits per heavy atom. The molecular weight excluding hydrogens is 183 g/mol. The molecule has 1 aromatic carbocycles. The number of hydrogen-bond donors (Lipinski definition) is 2. The van der Waals surface area contributed by atoms with Gasteiger partial charge >= 0.3 is 0 Å². The van der Waals surface area contributed by atoms with Crippen LogP contribution in [0.25, 0.3) is 0 Å². The Hall–Kier alpha value is -0.440. The first kappa shape index (κ1) is 8.65. The van der Waals surface area contributed by atoms with Crippen LogP contribution >= 0.6 is 23.2 Å². The molecule has 0 saturated heterocycles. The summed E-state index contributed by atoms with van der Waals surface area (Å²) in [6, 6.07) is 5.43. The maximum absolute atomic E-state index is 5.77. The number of hydrogen-bond acceptors (Lipinski definition) is 2. The fraction of sp³-hybridized carbons (Fsp3) is 0.143. The molecular formula is C7H8Cl2N2. The quantitative estimate of drug-likeness (QED) is 0.427. The summed E-state index contributed by atoms with van der Waals surface area (Å²) in [6.07, 6.45) is 0. The molecule has 1 rings (SSSR count). The molecule has 0 aliphatic carbocycles. The minimum absolute atomic E-state index is 0.464. The molecule has 0 bridgehead atoms. The minimum atomic E-state index is 0.464. The van der Waals surface area contributed by atoms with E-state index in [4.69, 9.17) is 29.0 Å². The second kappa shape index (κ2) is 3.81. The fourth-order valence-electron chi connectivity index (χ4n) is 0.766. The Morgan fingerprint density at radius 2 is 2.18 bits per heavy atom. The van der Waals surface area contributed by atoms with Gasteiger partial charge in [-0.15, -0.1) is 11.6 Å². The van der Waals surface area contributed by atoms with Gasteiger partial charge in [0.15, 0.2) is 0 Å². The van der Waals surface area contributed by atoms with E-state index in [2.05, 4.69) is 5.43 Å². The standard InChI is InChI=1S/C7H8Cl2N2/c8-4-5-1-2-6(9)7(3-5)11-10/h1-3,11H,4,10H2. The first-order valence-electron chi connectivity index (χ1n) is 3.09. The van der Waals surface area contributed by atoms with Gasteiger partial charge < -0.3 is 5.43 Å². The third-order valence-electron chi connectivity index (χ3n) is 1.34. The molecule has 3 N–H and O–H groups in total. The predicted octanol–water partition coefficient (Wildman–Crippen LogP) is 2.36. The molecule has 4 heteroatoms. The smallest absolute Gasteiger partial charge is 0.0675 e. The number of anilines is 1. The van der Waals surface area contributed by atoms with Crippen LogP contribution in [0.5, 0.6) is 0 Å². The zero-order valence-electron chi connectivity index (χ0n) is 5.77. The number of benzene rings is 1. The Kier molecular flexibility index (Phi) is 3.00. The van der Waals surface area contributed by atoms with E-state index in [1.165, 1.54) is 0 Å². The van der Waals surface area contributed by atoms with Crippen LogP contribution in [-0.2, 0) is 5.88 Å². The normalized spacial score (nSPS) is 9.73. The van der Waals surface area contributed by atoms with Gasteiger partial charge in [-0.05, 0) is 17.7 Å². The van der Waals surface area contributed by atoms with E-state index in [-0.39, 0.29) is 0 Å². The summed E-state index contributed by atoms with van der Waals surface area (Å²) in [7, 11) is 0. The Labute approximate surface area is 75.3 Å². The fourth-order valence-corrected chi connectivity index (χ4v) is 1.10. The van der Waals surface area contributed by atoms with Crippen molar-refractivity contribution in [1.29, 1.82) is 0 Å². The first-order valence-corrected chi connectivity index (χ1v) is 4.00. The van der Waals surface area contributed by atoms with E-state index in [1.807, 2.05) is 12.1 Å². The highest BCUT2D eigenvalue weighted by Crippen LogP contribution is 2.22. The maximum atomic E-state index is 5.77. The molecule has 0 aliphatic heterocycles. The van der Waals surface area contributed by atoms with Gasteiger partial charge in [0.05, 0.1) is 10.7 Å². The van der Waals surface area contributed by atoms with Crippen LogP contribution in [0.4, 0.5) is 5.69 Å². The lowest BCUT2D eigenvalue weighted by atomic mass is 10.2. The molecule has 0 aromatic heterocycles. The zero-order chi connectivity index (χ0) is 8.27. The summed E-state index contributed by atoms with van der Waals surface area (Å²) in [5.74, 6) is 5.66. The minimum Gasteiger partial charge on any atom is -0.323 e. The molecule has 0 saturated carbocycles. The van der Waals surface area contributed by atoms with Crippen molar-refractivity contribution in [3.05, 3.63) is 28.8 Å². The van der Waals surface area contributed by atoms with Gasteiger partial charge in [0.2, 0.25) is 0 Å². The number of nitrogens with one attached hydrogen (secondary N) is 1. The number of hydrazine groups is 1. The molecule has 1 aromatic rings. The van der Waals surface area contributed by atoms with E-state index in [0.717, 1.165) is 5.56 Å². The van der Waals surface area contributed by atoms with Crippen LogP contribution < -0.4 is 11.3 Å². The first-order chi connectivity index (χ1) is 5.27. The van der Waals surface area contributed by atoms with Crippen LogP contribution in [0.3, 0.4) is 0 Å². The van der Waals surface area contributed by atoms with E-state index < -0.39 is 0 Å². The van der Waals surface area contributed by atoms with Crippen molar-refractivity contribution in [2.75, 3.05) is 5.43 Å². The Balaban J connectivity index is 3.02. The van der Waals surface area contributed by atoms with Crippen molar-refractivity contribution >= 4 is 28.9 Å². The average Bonchev–Trinajstić information content (AvgIpc) is 2.05. The van der Waals surface area contributed by atoms with Crippen molar-refractivity contribution in [3.8, 4) is 0 Å². The number of rotatable bonds is 2. The SMILES string of the molecule is NNc1cc(CCl)ccc1Cl. The lowest BCUT2D eigenvalue weighted by Crippen LogP contribution is -2.07. The molecule has 0 atom stereocenters. The van der Waals surface area contributed by atoms with Crippen LogP contribution in [0, 0.1) is 0 Å². The summed E-state index contributed by atoms with van der Waals surface area (Å²) >= 11 is 11.4. The molecule has 2 nitrogen and oxygen atoms in total. The molecule has 0 spiro atoms. The molecule has 0 fully saturated rings. The monoisotopic (exact) mass is 190 g/mol. The topological polar surface area (TPSA) is 38.0 Å². The summed E-state index contributed by atoms with van der Waals surface area (Å²) in [4.78, 5) is 0. The number of nitrogens with two attached hydrogens (primary N) is 1. The molecule has 0 amide bonds. The van der Waals surface area contributed by atoms with E-state index >= 15 is 0 Å². The maximum Gasteiger partial charge on any atom is 0.0675 e. The summed E-state index contributed by atoms with van der Waals surface area (Å²) in [6.45, 7) is 0. The van der Waals surface area contributed by atoms with Crippen LogP contribution in [-0.4, -0.2) is 0 Å². The van der Waals surface area contributed by atoms with Crippen molar-refractivity contribution in [3.63, 3.8) is 0 Å². The van der Waals surface area contributed by atoms with Crippen molar-refractivity contribution in [2.24, 2.45) is 5.84 Å². The molecule has 0 unspecified atom stereocenters. The Bertz CT molecular complexity index is 250. The third-order valence-corrected chi connectivity index (χ3v) is 1.98. The van der Waals surface area contributed by atoms with E-state index in [1.54, 1.807) is 6.07 Å². The molecule has 0 heterocycles. The highest BCUT2D eigenvalue weighted by molar-refractivity contribution is 6.33. The molecule has 60 valence electrons. The molecule has 11 heavy (non-hydrogen) atoms. The van der Waals surface area contributed by atoms with Crippen LogP contribution in [0.2, 0.25) is 5.02 Å². The average molecular weight is 191 g/mol. The zero-order valence-corrected chi connectivity index (χ0v) is 7.28. The van der Waals surface area contributed by atoms with Crippen molar-refractivity contribution < 1.29 is 0 Å². The second-order valence-corrected chi connectivity index (χ2v) is 2.77. The lowest BCUT2D eigenvalue weighted by Gasteiger charge is -2.03. The van der Waals surface area contributed by atoms with Gasteiger partial charge in [0, 0.05) is 5.88 Å².